The van der Waals surface area contributed by atoms with Crippen molar-refractivity contribution >= 4 is 11.6 Å². The summed E-state index contributed by atoms with van der Waals surface area (Å²) >= 11 is 5.91. The van der Waals surface area contributed by atoms with Crippen molar-refractivity contribution in [3.8, 4) is 0 Å². The molecule has 0 spiro atoms. The van der Waals surface area contributed by atoms with Crippen molar-refractivity contribution in [1.82, 2.24) is 15.1 Å². The van der Waals surface area contributed by atoms with Gasteiger partial charge >= 0.3 is 0 Å². The van der Waals surface area contributed by atoms with Gasteiger partial charge in [0.1, 0.15) is 0 Å². The van der Waals surface area contributed by atoms with Crippen LogP contribution in [0.5, 0.6) is 0 Å². The Labute approximate surface area is 127 Å². The van der Waals surface area contributed by atoms with Crippen LogP contribution in [0.3, 0.4) is 0 Å². The average Bonchev–Trinajstić information content (AvgIpc) is 2.46. The molecule has 0 aromatic heterocycles. The molecule has 0 saturated carbocycles. The summed E-state index contributed by atoms with van der Waals surface area (Å²) in [7, 11) is 2.20. The molecule has 1 fully saturated rings. The summed E-state index contributed by atoms with van der Waals surface area (Å²) in [5.41, 5.74) is 1.30. The van der Waals surface area contributed by atoms with Crippen LogP contribution in [0.2, 0.25) is 5.02 Å². The molecule has 2 rings (SSSR count). The minimum Gasteiger partial charge on any atom is -0.310 e. The molecule has 0 amide bonds. The third-order valence-electron chi connectivity index (χ3n) is 4.07. The maximum Gasteiger partial charge on any atom is 0.0406 e. The Morgan fingerprint density at radius 3 is 2.45 bits per heavy atom. The number of likely N-dealkylation sites (N-methyl/N-ethyl adjacent to an activating group) is 1. The lowest BCUT2D eigenvalue weighted by Gasteiger charge is -2.32. The molecule has 1 atom stereocenters. The smallest absolute Gasteiger partial charge is 0.0406 e. The third-order valence-corrected chi connectivity index (χ3v) is 4.32. The normalized spacial score (nSPS) is 19.1. The summed E-state index contributed by atoms with van der Waals surface area (Å²) < 4.78 is 0. The number of benzene rings is 1. The summed E-state index contributed by atoms with van der Waals surface area (Å²) in [6.45, 7) is 9.30. The first-order chi connectivity index (χ1) is 9.65. The highest BCUT2D eigenvalue weighted by atomic mass is 35.5. The summed E-state index contributed by atoms with van der Waals surface area (Å²) in [6, 6.07) is 8.50. The molecule has 0 aliphatic carbocycles. The van der Waals surface area contributed by atoms with Gasteiger partial charge in [0.05, 0.1) is 0 Å². The molecule has 3 nitrogen and oxygen atoms in total. The fourth-order valence-corrected chi connectivity index (χ4v) is 2.69. The number of halogens is 1. The maximum atomic E-state index is 5.91. The second kappa shape index (κ2) is 7.99. The maximum absolute atomic E-state index is 5.91. The molecule has 1 N–H and O–H groups in total. The van der Waals surface area contributed by atoms with Gasteiger partial charge in [-0.25, -0.2) is 0 Å². The minimum atomic E-state index is 0.389. The van der Waals surface area contributed by atoms with Crippen LogP contribution in [0.15, 0.2) is 24.3 Å². The van der Waals surface area contributed by atoms with E-state index in [-0.39, 0.29) is 0 Å². The molecule has 1 aromatic rings. The predicted octanol–water partition coefficient (Wildman–Crippen LogP) is 2.63. The van der Waals surface area contributed by atoms with Crippen molar-refractivity contribution in [2.75, 3.05) is 46.3 Å². The Morgan fingerprint density at radius 2 is 1.80 bits per heavy atom. The van der Waals surface area contributed by atoms with Gasteiger partial charge in [0.15, 0.2) is 0 Å². The first-order valence-electron chi connectivity index (χ1n) is 7.55. The van der Waals surface area contributed by atoms with E-state index in [0.717, 1.165) is 11.6 Å². The number of hydrogen-bond acceptors (Lipinski definition) is 3. The highest BCUT2D eigenvalue weighted by molar-refractivity contribution is 6.30. The molecule has 4 heteroatoms. The topological polar surface area (TPSA) is 18.5 Å². The number of hydrogen-bond donors (Lipinski definition) is 1. The van der Waals surface area contributed by atoms with Crippen LogP contribution in [0.1, 0.15) is 24.9 Å². The molecule has 1 unspecified atom stereocenters. The van der Waals surface area contributed by atoms with Crippen LogP contribution in [-0.2, 0) is 0 Å². The second-order valence-corrected chi connectivity index (χ2v) is 6.16. The van der Waals surface area contributed by atoms with Gasteiger partial charge in [-0.2, -0.15) is 0 Å². The SMILES string of the molecule is CC(NCCCN1CCN(C)CC1)c1ccc(Cl)cc1. The van der Waals surface area contributed by atoms with E-state index in [1.54, 1.807) is 0 Å². The van der Waals surface area contributed by atoms with E-state index in [4.69, 9.17) is 11.6 Å². The van der Waals surface area contributed by atoms with Crippen LogP contribution in [0.4, 0.5) is 0 Å². The third kappa shape index (κ3) is 5.06. The lowest BCUT2D eigenvalue weighted by atomic mass is 10.1. The average molecular weight is 296 g/mol. The van der Waals surface area contributed by atoms with Gasteiger partial charge in [-0.1, -0.05) is 23.7 Å². The first-order valence-corrected chi connectivity index (χ1v) is 7.92. The summed E-state index contributed by atoms with van der Waals surface area (Å²) in [4.78, 5) is 4.96. The van der Waals surface area contributed by atoms with Crippen LogP contribution in [0, 0.1) is 0 Å². The van der Waals surface area contributed by atoms with Gasteiger partial charge in [0, 0.05) is 37.2 Å². The van der Waals surface area contributed by atoms with Gasteiger partial charge in [-0.15, -0.1) is 0 Å². The van der Waals surface area contributed by atoms with E-state index in [9.17, 15) is 0 Å². The van der Waals surface area contributed by atoms with Crippen molar-refractivity contribution in [2.45, 2.75) is 19.4 Å². The summed E-state index contributed by atoms with van der Waals surface area (Å²) in [6.07, 6.45) is 1.21. The zero-order valence-corrected chi connectivity index (χ0v) is 13.4. The highest BCUT2D eigenvalue weighted by Gasteiger charge is 2.12. The fourth-order valence-electron chi connectivity index (χ4n) is 2.56. The number of piperazine rings is 1. The molecule has 1 saturated heterocycles. The Balaban J connectivity index is 1.62. The molecule has 0 radical (unpaired) electrons. The van der Waals surface area contributed by atoms with Crippen molar-refractivity contribution in [3.05, 3.63) is 34.9 Å². The number of nitrogens with zero attached hydrogens (tertiary/aromatic N) is 2. The predicted molar refractivity (Wildman–Crippen MR) is 86.4 cm³/mol. The molecule has 1 aliphatic heterocycles. The molecular formula is C16H26ClN3. The van der Waals surface area contributed by atoms with Crippen molar-refractivity contribution in [2.24, 2.45) is 0 Å². The highest BCUT2D eigenvalue weighted by Crippen LogP contribution is 2.15. The van der Waals surface area contributed by atoms with Crippen molar-refractivity contribution < 1.29 is 0 Å². The zero-order valence-electron chi connectivity index (χ0n) is 12.6. The second-order valence-electron chi connectivity index (χ2n) is 5.73. The molecule has 1 aliphatic rings. The van der Waals surface area contributed by atoms with Gasteiger partial charge in [0.25, 0.3) is 0 Å². The Hall–Kier alpha value is -0.610. The van der Waals surface area contributed by atoms with Crippen molar-refractivity contribution in [3.63, 3.8) is 0 Å². The van der Waals surface area contributed by atoms with Gasteiger partial charge in [-0.05, 0) is 51.2 Å². The summed E-state index contributed by atoms with van der Waals surface area (Å²) in [5.74, 6) is 0. The standard InChI is InChI=1S/C16H26ClN3/c1-14(15-4-6-16(17)7-5-15)18-8-3-9-20-12-10-19(2)11-13-20/h4-7,14,18H,3,8-13H2,1-2H3. The van der Waals surface area contributed by atoms with Gasteiger partial charge < -0.3 is 15.1 Å². The van der Waals surface area contributed by atoms with E-state index < -0.39 is 0 Å². The number of rotatable bonds is 6. The molecule has 112 valence electrons. The summed E-state index contributed by atoms with van der Waals surface area (Å²) in [5, 5.41) is 4.39. The van der Waals surface area contributed by atoms with Crippen LogP contribution < -0.4 is 5.32 Å². The minimum absolute atomic E-state index is 0.389. The fraction of sp³-hybridized carbons (Fsp3) is 0.625. The Morgan fingerprint density at radius 1 is 1.15 bits per heavy atom. The van der Waals surface area contributed by atoms with E-state index in [1.165, 1.54) is 44.7 Å². The molecule has 1 aromatic carbocycles. The monoisotopic (exact) mass is 295 g/mol. The van der Waals surface area contributed by atoms with E-state index >= 15 is 0 Å². The van der Waals surface area contributed by atoms with Crippen LogP contribution >= 0.6 is 11.6 Å². The van der Waals surface area contributed by atoms with E-state index in [1.807, 2.05) is 12.1 Å². The Kier molecular flexibility index (Phi) is 6.30. The quantitative estimate of drug-likeness (QED) is 0.814. The van der Waals surface area contributed by atoms with Crippen molar-refractivity contribution in [1.29, 1.82) is 0 Å². The van der Waals surface area contributed by atoms with E-state index in [0.29, 0.717) is 6.04 Å². The zero-order chi connectivity index (χ0) is 14.4. The van der Waals surface area contributed by atoms with E-state index in [2.05, 4.69) is 41.2 Å². The lowest BCUT2D eigenvalue weighted by Crippen LogP contribution is -2.45. The lowest BCUT2D eigenvalue weighted by molar-refractivity contribution is 0.152. The largest absolute Gasteiger partial charge is 0.310 e. The van der Waals surface area contributed by atoms with Crippen LogP contribution in [0.25, 0.3) is 0 Å². The van der Waals surface area contributed by atoms with Gasteiger partial charge in [-0.3, -0.25) is 0 Å². The molecular weight excluding hydrogens is 270 g/mol. The Bertz CT molecular complexity index is 385. The van der Waals surface area contributed by atoms with Gasteiger partial charge in [0.2, 0.25) is 0 Å². The number of nitrogens with one attached hydrogen (secondary N) is 1. The van der Waals surface area contributed by atoms with Crippen LogP contribution in [-0.4, -0.2) is 56.1 Å². The molecule has 0 bridgehead atoms. The molecule has 20 heavy (non-hydrogen) atoms. The molecule has 1 heterocycles. The first kappa shape index (κ1) is 15.8.